The lowest BCUT2D eigenvalue weighted by molar-refractivity contribution is 0.592. The van der Waals surface area contributed by atoms with Crippen molar-refractivity contribution in [3.8, 4) is 0 Å². The van der Waals surface area contributed by atoms with Crippen LogP contribution in [-0.2, 0) is 6.42 Å². The Morgan fingerprint density at radius 2 is 2.33 bits per heavy atom. The summed E-state index contributed by atoms with van der Waals surface area (Å²) in [7, 11) is 0. The summed E-state index contributed by atoms with van der Waals surface area (Å²) in [6.45, 7) is 4.77. The Morgan fingerprint density at radius 1 is 1.53 bits per heavy atom. The summed E-state index contributed by atoms with van der Waals surface area (Å²) in [4.78, 5) is 4.33. The van der Waals surface area contributed by atoms with Crippen molar-refractivity contribution in [3.63, 3.8) is 0 Å². The van der Waals surface area contributed by atoms with Crippen LogP contribution in [0.3, 0.4) is 0 Å². The molecule has 4 heteroatoms. The minimum Gasteiger partial charge on any atom is -0.330 e. The predicted molar refractivity (Wildman–Crippen MR) is 59.6 cm³/mol. The Bertz CT molecular complexity index is 461. The van der Waals surface area contributed by atoms with Gasteiger partial charge in [-0.1, -0.05) is 6.92 Å². The Labute approximate surface area is 89.1 Å². The molecule has 0 bridgehead atoms. The van der Waals surface area contributed by atoms with Crippen LogP contribution in [0.5, 0.6) is 0 Å². The van der Waals surface area contributed by atoms with Crippen LogP contribution in [0, 0.1) is 12.8 Å². The molecule has 1 atom stereocenters. The lowest BCUT2D eigenvalue weighted by Crippen LogP contribution is -2.13. The second-order valence-electron chi connectivity index (χ2n) is 4.04. The average Bonchev–Trinajstić information content (AvgIpc) is 2.57. The topological polar surface area (TPSA) is 56.2 Å². The van der Waals surface area contributed by atoms with E-state index >= 15 is 0 Å². The summed E-state index contributed by atoms with van der Waals surface area (Å²) < 4.78 is 1.80. The molecular formula is C11H16N4. The van der Waals surface area contributed by atoms with Crippen LogP contribution in [-0.4, -0.2) is 21.1 Å². The summed E-state index contributed by atoms with van der Waals surface area (Å²) in [5.74, 6) is 1.32. The molecule has 0 saturated carbocycles. The number of aromatic nitrogens is 3. The molecule has 80 valence electrons. The molecule has 2 rings (SSSR count). The minimum absolute atomic E-state index is 0.511. The highest BCUT2D eigenvalue weighted by atomic mass is 15.3. The van der Waals surface area contributed by atoms with Gasteiger partial charge in [-0.05, 0) is 43.5 Å². The summed E-state index contributed by atoms with van der Waals surface area (Å²) in [6, 6.07) is 4.15. The summed E-state index contributed by atoms with van der Waals surface area (Å²) in [6.07, 6.45) is 2.95. The number of nitrogens with zero attached hydrogens (tertiary/aromatic N) is 3. The second-order valence-corrected chi connectivity index (χ2v) is 4.04. The summed E-state index contributed by atoms with van der Waals surface area (Å²) in [5, 5.41) is 4.23. The fourth-order valence-electron chi connectivity index (χ4n) is 1.65. The van der Waals surface area contributed by atoms with Gasteiger partial charge in [-0.15, -0.1) is 0 Å². The molecule has 1 unspecified atom stereocenters. The summed E-state index contributed by atoms with van der Waals surface area (Å²) >= 11 is 0. The van der Waals surface area contributed by atoms with Gasteiger partial charge in [0, 0.05) is 6.20 Å². The number of rotatable bonds is 3. The lowest BCUT2D eigenvalue weighted by Gasteiger charge is -2.07. The van der Waals surface area contributed by atoms with E-state index < -0.39 is 0 Å². The van der Waals surface area contributed by atoms with Gasteiger partial charge in [0.1, 0.15) is 5.82 Å². The van der Waals surface area contributed by atoms with Crippen molar-refractivity contribution in [1.82, 2.24) is 14.6 Å². The molecule has 0 amide bonds. The van der Waals surface area contributed by atoms with E-state index in [2.05, 4.69) is 29.1 Å². The highest BCUT2D eigenvalue weighted by molar-refractivity contribution is 5.40. The summed E-state index contributed by atoms with van der Waals surface area (Å²) in [5.41, 5.74) is 7.79. The molecule has 2 aromatic rings. The first-order chi connectivity index (χ1) is 7.19. The van der Waals surface area contributed by atoms with Crippen molar-refractivity contribution < 1.29 is 0 Å². The number of nitrogens with two attached hydrogens (primary N) is 1. The molecule has 0 radical (unpaired) electrons. The van der Waals surface area contributed by atoms with Crippen molar-refractivity contribution in [2.45, 2.75) is 20.3 Å². The van der Waals surface area contributed by atoms with Crippen LogP contribution >= 0.6 is 0 Å². The SMILES string of the molecule is Cc1nc2cc(CC(C)CN)ccn2n1. The zero-order valence-electron chi connectivity index (χ0n) is 9.14. The van der Waals surface area contributed by atoms with Gasteiger partial charge in [-0.2, -0.15) is 5.10 Å². The standard InChI is InChI=1S/C11H16N4/c1-8(7-12)5-10-3-4-15-11(6-10)13-9(2)14-15/h3-4,6,8H,5,7,12H2,1-2H3. The van der Waals surface area contributed by atoms with Gasteiger partial charge in [-0.3, -0.25) is 0 Å². The van der Waals surface area contributed by atoms with Crippen molar-refractivity contribution in [2.24, 2.45) is 11.7 Å². The predicted octanol–water partition coefficient (Wildman–Crippen LogP) is 1.18. The molecule has 2 heterocycles. The van der Waals surface area contributed by atoms with E-state index in [0.29, 0.717) is 5.92 Å². The fourth-order valence-corrected chi connectivity index (χ4v) is 1.65. The first-order valence-corrected chi connectivity index (χ1v) is 5.21. The molecular weight excluding hydrogens is 188 g/mol. The van der Waals surface area contributed by atoms with Crippen molar-refractivity contribution >= 4 is 5.65 Å². The van der Waals surface area contributed by atoms with Crippen LogP contribution in [0.15, 0.2) is 18.3 Å². The monoisotopic (exact) mass is 204 g/mol. The van der Waals surface area contributed by atoms with Gasteiger partial charge >= 0.3 is 0 Å². The van der Waals surface area contributed by atoms with Gasteiger partial charge in [0.2, 0.25) is 0 Å². The van der Waals surface area contributed by atoms with Gasteiger partial charge in [-0.25, -0.2) is 9.50 Å². The van der Waals surface area contributed by atoms with E-state index in [1.165, 1.54) is 5.56 Å². The largest absolute Gasteiger partial charge is 0.330 e. The van der Waals surface area contributed by atoms with E-state index in [0.717, 1.165) is 24.4 Å². The first-order valence-electron chi connectivity index (χ1n) is 5.21. The van der Waals surface area contributed by atoms with E-state index in [-0.39, 0.29) is 0 Å². The van der Waals surface area contributed by atoms with Crippen molar-refractivity contribution in [3.05, 3.63) is 29.7 Å². The molecule has 0 saturated heterocycles. The minimum atomic E-state index is 0.511. The molecule has 0 aromatic carbocycles. The molecule has 15 heavy (non-hydrogen) atoms. The molecule has 0 aliphatic heterocycles. The highest BCUT2D eigenvalue weighted by Crippen LogP contribution is 2.10. The number of pyridine rings is 1. The third kappa shape index (κ3) is 2.15. The Morgan fingerprint density at radius 3 is 3.07 bits per heavy atom. The van der Waals surface area contributed by atoms with Crippen LogP contribution < -0.4 is 5.73 Å². The molecule has 0 fully saturated rings. The third-order valence-electron chi connectivity index (χ3n) is 2.49. The fraction of sp³-hybridized carbons (Fsp3) is 0.455. The Hall–Kier alpha value is -1.42. The van der Waals surface area contributed by atoms with Gasteiger partial charge in [0.05, 0.1) is 0 Å². The molecule has 0 spiro atoms. The van der Waals surface area contributed by atoms with Gasteiger partial charge < -0.3 is 5.73 Å². The average molecular weight is 204 g/mol. The molecule has 0 aliphatic rings. The number of hydrogen-bond donors (Lipinski definition) is 1. The molecule has 0 aliphatic carbocycles. The van der Waals surface area contributed by atoms with Gasteiger partial charge in [0.25, 0.3) is 0 Å². The first kappa shape index (κ1) is 10.1. The van der Waals surface area contributed by atoms with Crippen molar-refractivity contribution in [2.75, 3.05) is 6.54 Å². The zero-order chi connectivity index (χ0) is 10.8. The van der Waals surface area contributed by atoms with Gasteiger partial charge in [0.15, 0.2) is 5.65 Å². The van der Waals surface area contributed by atoms with Crippen LogP contribution in [0.2, 0.25) is 0 Å². The van der Waals surface area contributed by atoms with E-state index in [1.54, 1.807) is 4.52 Å². The quantitative estimate of drug-likeness (QED) is 0.816. The molecule has 4 nitrogen and oxygen atoms in total. The van der Waals surface area contributed by atoms with E-state index in [4.69, 9.17) is 5.73 Å². The van der Waals surface area contributed by atoms with E-state index in [1.807, 2.05) is 13.1 Å². The Balaban J connectivity index is 2.30. The normalized spacial score (nSPS) is 13.3. The molecule has 2 N–H and O–H groups in total. The third-order valence-corrected chi connectivity index (χ3v) is 2.49. The number of hydrogen-bond acceptors (Lipinski definition) is 3. The van der Waals surface area contributed by atoms with Crippen LogP contribution in [0.4, 0.5) is 0 Å². The van der Waals surface area contributed by atoms with Crippen LogP contribution in [0.1, 0.15) is 18.3 Å². The highest BCUT2D eigenvalue weighted by Gasteiger charge is 2.04. The second kappa shape index (κ2) is 3.98. The number of fused-ring (bicyclic) bond motifs is 1. The maximum absolute atomic E-state index is 5.60. The lowest BCUT2D eigenvalue weighted by atomic mass is 10.0. The maximum atomic E-state index is 5.60. The zero-order valence-corrected chi connectivity index (χ0v) is 9.14. The van der Waals surface area contributed by atoms with Crippen molar-refractivity contribution in [1.29, 1.82) is 0 Å². The van der Waals surface area contributed by atoms with E-state index in [9.17, 15) is 0 Å². The molecule has 2 aromatic heterocycles. The smallest absolute Gasteiger partial charge is 0.155 e. The Kier molecular flexibility index (Phi) is 2.68. The van der Waals surface area contributed by atoms with Crippen LogP contribution in [0.25, 0.3) is 5.65 Å². The number of aryl methyl sites for hydroxylation is 1. The maximum Gasteiger partial charge on any atom is 0.155 e.